The summed E-state index contributed by atoms with van der Waals surface area (Å²) in [6.45, 7) is 3.43. The van der Waals surface area contributed by atoms with Gasteiger partial charge in [0.15, 0.2) is 0 Å². The Hall–Kier alpha value is -2.17. The third kappa shape index (κ3) is 46.0. The maximum absolute atomic E-state index is 12.3. The van der Waals surface area contributed by atoms with Crippen molar-refractivity contribution in [3.8, 4) is 0 Å². The maximum Gasteiger partial charge on any atom is 0.308 e. The van der Waals surface area contributed by atoms with Crippen LogP contribution in [0, 0.1) is 11.8 Å². The fraction of sp³-hybridized carbons (Fsp3) is 0.940. The van der Waals surface area contributed by atoms with Crippen molar-refractivity contribution in [2.45, 2.75) is 373 Å². The lowest BCUT2D eigenvalue weighted by Crippen LogP contribution is -2.43. The van der Waals surface area contributed by atoms with Gasteiger partial charge >= 0.3 is 11.9 Å². The van der Waals surface area contributed by atoms with Crippen LogP contribution < -0.4 is 79.9 Å². The molecule has 9 saturated carbocycles. The first kappa shape index (κ1) is 85.8. The second-order valence-corrected chi connectivity index (χ2v) is 28.0. The van der Waals surface area contributed by atoms with Gasteiger partial charge in [0.05, 0.1) is 37.0 Å². The van der Waals surface area contributed by atoms with Gasteiger partial charge in [-0.1, -0.05) is 51.5 Å². The highest BCUT2D eigenvalue weighted by molar-refractivity contribution is 5.72. The highest BCUT2D eigenvalue weighted by Crippen LogP contribution is 2.32. The molecule has 0 heterocycles. The summed E-state index contributed by atoms with van der Waals surface area (Å²) in [6, 6.07) is 4.62. The number of alkyl halides is 2. The molecule has 11 unspecified atom stereocenters. The van der Waals surface area contributed by atoms with Crippen LogP contribution >= 0.6 is 0 Å². The number of carboxylic acid groups (broad SMARTS) is 1. The van der Waals surface area contributed by atoms with Crippen LogP contribution in [-0.2, 0) is 14.3 Å². The van der Waals surface area contributed by atoms with Gasteiger partial charge in [0.25, 0.3) is 0 Å². The van der Waals surface area contributed by atoms with Crippen LogP contribution in [0.5, 0.6) is 0 Å². The van der Waals surface area contributed by atoms with Crippen LogP contribution in [0.25, 0.3) is 0 Å². The van der Waals surface area contributed by atoms with Crippen molar-refractivity contribution >= 4 is 11.9 Å². The van der Waals surface area contributed by atoms with E-state index in [1.807, 2.05) is 0 Å². The first-order valence-electron chi connectivity index (χ1n) is 35.6. The second-order valence-electron chi connectivity index (χ2n) is 28.0. The number of hydrogen-bond acceptors (Lipinski definition) is 19. The Morgan fingerprint density at radius 3 is 1.20 bits per heavy atom. The number of nitrogens with one attached hydrogen (secondary N) is 1. The lowest BCUT2D eigenvalue weighted by molar-refractivity contribution is -0.146. The van der Waals surface area contributed by atoms with Crippen molar-refractivity contribution in [1.82, 2.24) is 5.32 Å². The third-order valence-corrected chi connectivity index (χ3v) is 19.1. The van der Waals surface area contributed by atoms with Gasteiger partial charge in [0.1, 0.15) is 0 Å². The minimum absolute atomic E-state index is 0.00620. The molecule has 9 fully saturated rings. The average Bonchev–Trinajstić information content (AvgIpc) is 3.60. The Morgan fingerprint density at radius 1 is 0.478 bits per heavy atom. The molecular formula is C67H139F3N14O6. The van der Waals surface area contributed by atoms with Gasteiger partial charge in [-0.25, -0.2) is 13.2 Å². The van der Waals surface area contributed by atoms with E-state index in [0.717, 1.165) is 154 Å². The number of allylic oxidation sites excluding steroid dienone is 1. The predicted octanol–water partition coefficient (Wildman–Crippen LogP) is 6.93. The molecule has 0 saturated heterocycles. The van der Waals surface area contributed by atoms with Crippen molar-refractivity contribution in [2.75, 3.05) is 13.7 Å². The number of esters is 1. The van der Waals surface area contributed by atoms with Gasteiger partial charge in [0, 0.05) is 104 Å². The van der Waals surface area contributed by atoms with Gasteiger partial charge < -0.3 is 99.9 Å². The predicted molar refractivity (Wildman–Crippen MR) is 363 cm³/mol. The highest BCUT2D eigenvalue weighted by Gasteiger charge is 2.33. The number of carboxylic acids is 1. The molecule has 0 amide bonds. The quantitative estimate of drug-likeness (QED) is 0.0946. The fourth-order valence-corrected chi connectivity index (χ4v) is 12.7. The summed E-state index contributed by atoms with van der Waals surface area (Å²) in [7, 11) is 1.43. The summed E-state index contributed by atoms with van der Waals surface area (Å²) >= 11 is 0. The first-order valence-corrected chi connectivity index (χ1v) is 35.6. The number of aliphatic hydroxyl groups excluding tert-OH is 2. The van der Waals surface area contributed by atoms with E-state index in [9.17, 15) is 22.8 Å². The van der Waals surface area contributed by atoms with Gasteiger partial charge in [-0.3, -0.25) is 9.59 Å². The topological polar surface area (TPSA) is 454 Å². The average molecular weight is 1290 g/mol. The Kier molecular flexibility index (Phi) is 48.8. The molecule has 10 aliphatic rings. The SMILES string of the molecule is CCCCNC1CCC(N)CC1.COC(=O)C1CCCC(N)C1.NC1CC=C(F)CC1.NC1CCC(F)(F)CC1.NC1CCC(N)CC1.NC1CCC(O)CC1.NC1CCCC(C(=O)O)C1.NC1CCCC(N)C1.NC1CCCC(O)C1.NC1CCCCC1N. The molecule has 11 atom stereocenters. The molecule has 0 aromatic heterocycles. The molecule has 0 spiro atoms. The van der Waals surface area contributed by atoms with Crippen molar-refractivity contribution in [2.24, 2.45) is 86.4 Å². The number of carbonyl (C=O) groups is 2. The largest absolute Gasteiger partial charge is 0.481 e. The smallest absolute Gasteiger partial charge is 0.308 e. The highest BCUT2D eigenvalue weighted by atomic mass is 19.3. The lowest BCUT2D eigenvalue weighted by Gasteiger charge is -2.26. The molecule has 0 aliphatic heterocycles. The molecule has 20 nitrogen and oxygen atoms in total. The summed E-state index contributed by atoms with van der Waals surface area (Å²) < 4.78 is 41.5. The Bertz CT molecular complexity index is 1690. The van der Waals surface area contributed by atoms with Crippen LogP contribution in [-0.4, -0.2) is 144 Å². The summed E-state index contributed by atoms with van der Waals surface area (Å²) in [6.07, 6.45) is 40.9. The van der Waals surface area contributed by atoms with Gasteiger partial charge in [-0.05, 0) is 212 Å². The van der Waals surface area contributed by atoms with E-state index in [0.29, 0.717) is 68.4 Å². The van der Waals surface area contributed by atoms with Crippen LogP contribution in [0.3, 0.4) is 0 Å². The van der Waals surface area contributed by atoms with E-state index in [-0.39, 0.29) is 91.0 Å². The zero-order valence-corrected chi connectivity index (χ0v) is 56.4. The third-order valence-electron chi connectivity index (χ3n) is 19.1. The van der Waals surface area contributed by atoms with Gasteiger partial charge in [-0.2, -0.15) is 0 Å². The van der Waals surface area contributed by atoms with Crippen molar-refractivity contribution in [3.63, 3.8) is 0 Å². The van der Waals surface area contributed by atoms with Crippen LogP contribution in [0.1, 0.15) is 270 Å². The number of halogens is 3. The summed E-state index contributed by atoms with van der Waals surface area (Å²) in [4.78, 5) is 21.5. The molecule has 0 bridgehead atoms. The Morgan fingerprint density at radius 2 is 0.878 bits per heavy atom. The number of rotatable bonds is 6. The molecule has 90 heavy (non-hydrogen) atoms. The minimum atomic E-state index is -2.42. The van der Waals surface area contributed by atoms with Crippen LogP contribution in [0.4, 0.5) is 13.2 Å². The Balaban J connectivity index is 0.000000502. The molecule has 0 aromatic rings. The normalized spacial score (nSPS) is 34.8. The molecule has 30 N–H and O–H groups in total. The molecular weight excluding hydrogens is 1150 g/mol. The monoisotopic (exact) mass is 1290 g/mol. The molecule has 0 aromatic carbocycles. The zero-order valence-electron chi connectivity index (χ0n) is 56.4. The van der Waals surface area contributed by atoms with Crippen molar-refractivity contribution < 1.29 is 42.8 Å². The molecule has 10 rings (SSSR count). The number of hydrogen-bond donors (Lipinski definition) is 17. The number of carbonyl (C=O) groups excluding carboxylic acids is 1. The standard InChI is InChI=1S/C10H22N2.C8H15NO2.C7H13NO2.C6H11F2N.C6H10FN.3C6H14N2.2C6H13NO/c1-2-3-8-12-10-6-4-9(11)5-7-10;1-11-8(10)6-3-2-4-7(9)5-6;8-6-3-1-2-5(4-6)7(9)10;7-6(8)3-1-5(9)2-4-6;7-5-1-3-6(8)4-2-5;7-5-1-2-6(8)4-3-5;7-5-2-1-3-6(8)4-5;7-5-3-1-2-4-6(5)8;7-5-1-3-6(8)4-2-5;7-5-2-1-3-6(8)4-5/h9-10,12H,2-8,11H2,1H3;6-7H,2-5,9H2,1H3;5-6H,1-4,8H2,(H,9,10);5H,1-4,9H2;1,6H,2-4,8H2;3*5-6H,1-4,7-8H2;2*5-6,8H,1-4,7H2. The van der Waals surface area contributed by atoms with E-state index < -0.39 is 11.9 Å². The fourth-order valence-electron chi connectivity index (χ4n) is 12.7. The van der Waals surface area contributed by atoms with Gasteiger partial charge in [0.2, 0.25) is 5.92 Å². The Labute approximate surface area is 542 Å². The lowest BCUT2D eigenvalue weighted by atomic mass is 9.86. The van der Waals surface area contributed by atoms with Crippen molar-refractivity contribution in [1.29, 1.82) is 0 Å². The van der Waals surface area contributed by atoms with Gasteiger partial charge in [-0.15, -0.1) is 0 Å². The molecule has 10 aliphatic carbocycles. The molecule has 23 heteroatoms. The van der Waals surface area contributed by atoms with Crippen LogP contribution in [0.2, 0.25) is 0 Å². The van der Waals surface area contributed by atoms with E-state index in [2.05, 4.69) is 17.0 Å². The van der Waals surface area contributed by atoms with Crippen LogP contribution in [0.15, 0.2) is 11.9 Å². The van der Waals surface area contributed by atoms with Crippen molar-refractivity contribution in [3.05, 3.63) is 11.9 Å². The molecule has 534 valence electrons. The first-order chi connectivity index (χ1) is 42.6. The van der Waals surface area contributed by atoms with E-state index in [4.69, 9.17) is 89.9 Å². The summed E-state index contributed by atoms with van der Waals surface area (Å²) in [5.41, 5.74) is 73.1. The zero-order chi connectivity index (χ0) is 67.4. The number of aliphatic hydroxyl groups is 2. The van der Waals surface area contributed by atoms with E-state index in [1.54, 1.807) is 6.08 Å². The number of nitrogens with two attached hydrogens (primary N) is 13. The number of ether oxygens (including phenoxy) is 1. The number of unbranched alkanes of at least 4 members (excludes halogenated alkanes) is 1. The van der Waals surface area contributed by atoms with E-state index >= 15 is 0 Å². The maximum atomic E-state index is 12.3. The minimum Gasteiger partial charge on any atom is -0.481 e. The number of methoxy groups -OCH3 is 1. The second kappa shape index (κ2) is 51.1. The summed E-state index contributed by atoms with van der Waals surface area (Å²) in [5, 5.41) is 30.2. The number of aliphatic carboxylic acids is 1. The van der Waals surface area contributed by atoms with E-state index in [1.165, 1.54) is 84.3 Å². The summed E-state index contributed by atoms with van der Waals surface area (Å²) in [5.74, 6) is -3.31. The molecule has 0 radical (unpaired) electrons.